The highest BCUT2D eigenvalue weighted by Crippen LogP contribution is 2.32. The number of hydrogen-bond acceptors (Lipinski definition) is 3. The highest BCUT2D eigenvalue weighted by molar-refractivity contribution is 7.78. The van der Waals surface area contributed by atoms with E-state index in [9.17, 15) is 8.60 Å². The first kappa shape index (κ1) is 17.9. The molecular weight excluding hydrogens is 351 g/mol. The second-order valence-electron chi connectivity index (χ2n) is 5.81. The molecule has 130 valence electrons. The lowest BCUT2D eigenvalue weighted by molar-refractivity contribution is 0.559. The number of nitriles is 1. The Morgan fingerprint density at radius 3 is 2.62 bits per heavy atom. The smallest absolute Gasteiger partial charge is 0.157 e. The van der Waals surface area contributed by atoms with Crippen molar-refractivity contribution in [2.75, 3.05) is 0 Å². The fourth-order valence-corrected chi connectivity index (χ4v) is 3.27. The van der Waals surface area contributed by atoms with E-state index in [0.717, 1.165) is 16.7 Å². The van der Waals surface area contributed by atoms with Crippen LogP contribution in [0.25, 0.3) is 22.4 Å². The van der Waals surface area contributed by atoms with Gasteiger partial charge in [0.1, 0.15) is 5.82 Å². The first-order valence-corrected chi connectivity index (χ1v) is 9.09. The fraction of sp³-hybridized carbons (Fsp3) is 0.100. The Kier molecular flexibility index (Phi) is 5.21. The number of rotatable bonds is 4. The van der Waals surface area contributed by atoms with Gasteiger partial charge in [-0.15, -0.1) is 0 Å². The van der Waals surface area contributed by atoms with Crippen LogP contribution in [0.2, 0.25) is 0 Å². The minimum Gasteiger partial charge on any atom is -0.306 e. The topological polar surface area (TPSA) is 74.0 Å². The van der Waals surface area contributed by atoms with Crippen molar-refractivity contribution in [1.29, 1.82) is 5.26 Å². The predicted molar refractivity (Wildman–Crippen MR) is 99.0 cm³/mol. The van der Waals surface area contributed by atoms with E-state index in [-0.39, 0.29) is 11.3 Å². The van der Waals surface area contributed by atoms with Crippen LogP contribution in [0, 0.1) is 24.1 Å². The molecule has 0 radical (unpaired) electrons. The number of pyridine rings is 1. The molecule has 1 unspecified atom stereocenters. The molecule has 0 saturated heterocycles. The largest absolute Gasteiger partial charge is 0.306 e. The summed E-state index contributed by atoms with van der Waals surface area (Å²) in [5.74, 6) is -0.798. The molecule has 3 rings (SSSR count). The minimum atomic E-state index is -2.10. The van der Waals surface area contributed by atoms with Crippen molar-refractivity contribution in [1.82, 2.24) is 4.98 Å². The molecule has 3 aromatic rings. The molecule has 1 atom stereocenters. The lowest BCUT2D eigenvalue weighted by atomic mass is 9.96. The molecular formula is C20H15FN2O2S. The Hall–Kier alpha value is -2.88. The summed E-state index contributed by atoms with van der Waals surface area (Å²) in [5, 5.41) is 9.09. The zero-order chi connectivity index (χ0) is 18.7. The van der Waals surface area contributed by atoms with Gasteiger partial charge in [-0.3, -0.25) is 4.98 Å². The average molecular weight is 366 g/mol. The third kappa shape index (κ3) is 3.69. The van der Waals surface area contributed by atoms with E-state index in [4.69, 9.17) is 9.81 Å². The summed E-state index contributed by atoms with van der Waals surface area (Å²) in [5.41, 5.74) is 4.52. The van der Waals surface area contributed by atoms with Gasteiger partial charge in [0.15, 0.2) is 11.1 Å². The van der Waals surface area contributed by atoms with E-state index in [1.807, 2.05) is 25.1 Å². The van der Waals surface area contributed by atoms with Crippen LogP contribution in [0.1, 0.15) is 16.7 Å². The summed E-state index contributed by atoms with van der Waals surface area (Å²) in [6.45, 7) is 1.86. The number of aromatic nitrogens is 1. The van der Waals surface area contributed by atoms with E-state index >= 15 is 0 Å². The Morgan fingerprint density at radius 2 is 1.96 bits per heavy atom. The zero-order valence-corrected chi connectivity index (χ0v) is 14.8. The van der Waals surface area contributed by atoms with Crippen LogP contribution in [0.3, 0.4) is 0 Å². The maximum atomic E-state index is 14.3. The third-order valence-electron chi connectivity index (χ3n) is 4.07. The van der Waals surface area contributed by atoms with Gasteiger partial charge in [-0.1, -0.05) is 30.3 Å². The lowest BCUT2D eigenvalue weighted by Gasteiger charge is -2.11. The van der Waals surface area contributed by atoms with Crippen molar-refractivity contribution < 1.29 is 13.2 Å². The first-order chi connectivity index (χ1) is 12.5. The molecule has 0 aliphatic heterocycles. The Labute approximate surface area is 153 Å². The van der Waals surface area contributed by atoms with Crippen LogP contribution in [-0.2, 0) is 16.8 Å². The van der Waals surface area contributed by atoms with Gasteiger partial charge in [0, 0.05) is 22.9 Å². The molecule has 1 N–H and O–H groups in total. The highest BCUT2D eigenvalue weighted by Gasteiger charge is 2.13. The predicted octanol–water partition coefficient (Wildman–Crippen LogP) is 4.46. The van der Waals surface area contributed by atoms with Crippen LogP contribution in [0.15, 0.2) is 54.7 Å². The Morgan fingerprint density at radius 1 is 1.19 bits per heavy atom. The Balaban J connectivity index is 2.08. The van der Waals surface area contributed by atoms with Crippen molar-refractivity contribution in [2.24, 2.45) is 0 Å². The maximum absolute atomic E-state index is 14.3. The molecule has 0 saturated carbocycles. The fourth-order valence-electron chi connectivity index (χ4n) is 2.77. The molecule has 1 heterocycles. The molecule has 0 aliphatic rings. The minimum absolute atomic E-state index is 0.182. The maximum Gasteiger partial charge on any atom is 0.157 e. The van der Waals surface area contributed by atoms with Crippen LogP contribution < -0.4 is 0 Å². The standard InChI is InChI=1S/C20H15FN2O2S/c1-13-9-14(4-6-16(13)11-22)18-3-2-8-23-20(18)15-5-7-17(12-26(24)25)19(21)10-15/h2-10H,12H2,1H3,(H,24,25). The number of benzene rings is 2. The SMILES string of the molecule is Cc1cc(-c2cccnc2-c2ccc(CS(=O)O)c(F)c2)ccc1C#N. The lowest BCUT2D eigenvalue weighted by Crippen LogP contribution is -1.98. The Bertz CT molecular complexity index is 1040. The summed E-state index contributed by atoms with van der Waals surface area (Å²) < 4.78 is 34.1. The van der Waals surface area contributed by atoms with Crippen molar-refractivity contribution >= 4 is 11.1 Å². The summed E-state index contributed by atoms with van der Waals surface area (Å²) in [6, 6.07) is 15.8. The van der Waals surface area contributed by atoms with Crippen molar-refractivity contribution in [3.63, 3.8) is 0 Å². The highest BCUT2D eigenvalue weighted by atomic mass is 32.2. The van der Waals surface area contributed by atoms with E-state index in [1.165, 1.54) is 12.1 Å². The van der Waals surface area contributed by atoms with Gasteiger partial charge in [-0.2, -0.15) is 5.26 Å². The third-order valence-corrected chi connectivity index (χ3v) is 4.63. The number of nitrogens with zero attached hydrogens (tertiary/aromatic N) is 2. The van der Waals surface area contributed by atoms with Gasteiger partial charge in [-0.25, -0.2) is 8.60 Å². The molecule has 4 nitrogen and oxygen atoms in total. The monoisotopic (exact) mass is 366 g/mol. The van der Waals surface area contributed by atoms with Gasteiger partial charge < -0.3 is 4.55 Å². The summed E-state index contributed by atoms with van der Waals surface area (Å²) in [4.78, 5) is 4.39. The summed E-state index contributed by atoms with van der Waals surface area (Å²) in [6.07, 6.45) is 1.63. The van der Waals surface area contributed by atoms with E-state index in [1.54, 1.807) is 24.4 Å². The van der Waals surface area contributed by atoms with Crippen LogP contribution >= 0.6 is 0 Å². The van der Waals surface area contributed by atoms with Crippen LogP contribution in [-0.4, -0.2) is 13.7 Å². The van der Waals surface area contributed by atoms with E-state index < -0.39 is 16.9 Å². The van der Waals surface area contributed by atoms with Gasteiger partial charge in [0.25, 0.3) is 0 Å². The van der Waals surface area contributed by atoms with Crippen molar-refractivity contribution in [3.05, 3.63) is 77.2 Å². The number of halogens is 1. The molecule has 0 spiro atoms. The van der Waals surface area contributed by atoms with Gasteiger partial charge in [0.2, 0.25) is 0 Å². The van der Waals surface area contributed by atoms with Crippen molar-refractivity contribution in [3.8, 4) is 28.5 Å². The molecule has 1 aromatic heterocycles. The van der Waals surface area contributed by atoms with Gasteiger partial charge in [0.05, 0.1) is 23.1 Å². The first-order valence-electron chi connectivity index (χ1n) is 7.82. The van der Waals surface area contributed by atoms with Gasteiger partial charge >= 0.3 is 0 Å². The molecule has 0 aliphatic carbocycles. The summed E-state index contributed by atoms with van der Waals surface area (Å²) in [7, 11) is 0. The molecule has 0 bridgehead atoms. The zero-order valence-electron chi connectivity index (χ0n) is 13.9. The molecule has 26 heavy (non-hydrogen) atoms. The summed E-state index contributed by atoms with van der Waals surface area (Å²) >= 11 is -2.10. The quantitative estimate of drug-likeness (QED) is 0.692. The van der Waals surface area contributed by atoms with E-state index in [2.05, 4.69) is 11.1 Å². The number of aryl methyl sites for hydroxylation is 1. The molecule has 0 fully saturated rings. The van der Waals surface area contributed by atoms with Crippen LogP contribution in [0.5, 0.6) is 0 Å². The molecule has 6 heteroatoms. The number of hydrogen-bond donors (Lipinski definition) is 1. The van der Waals surface area contributed by atoms with Gasteiger partial charge in [-0.05, 0) is 36.2 Å². The van der Waals surface area contributed by atoms with Crippen LogP contribution in [0.4, 0.5) is 4.39 Å². The normalized spacial score (nSPS) is 11.8. The van der Waals surface area contributed by atoms with E-state index in [0.29, 0.717) is 16.8 Å². The average Bonchev–Trinajstić information content (AvgIpc) is 2.63. The second kappa shape index (κ2) is 7.56. The van der Waals surface area contributed by atoms with Crippen molar-refractivity contribution in [2.45, 2.75) is 12.7 Å². The second-order valence-corrected chi connectivity index (χ2v) is 6.74. The molecule has 2 aromatic carbocycles. The molecule has 0 amide bonds.